The molecule has 3 nitrogen and oxygen atoms in total. The fourth-order valence-electron chi connectivity index (χ4n) is 3.65. The van der Waals surface area contributed by atoms with Crippen LogP contribution in [0.15, 0.2) is 0 Å². The molecule has 2 aliphatic rings. The van der Waals surface area contributed by atoms with Gasteiger partial charge in [-0.1, -0.05) is 32.1 Å². The second-order valence-electron chi connectivity index (χ2n) is 6.63. The quantitative estimate of drug-likeness (QED) is 0.831. The molecule has 3 heteroatoms. The third-order valence-corrected chi connectivity index (χ3v) is 4.92. The summed E-state index contributed by atoms with van der Waals surface area (Å²) in [4.78, 5) is 4.94. The lowest BCUT2D eigenvalue weighted by atomic mass is 9.83. The van der Waals surface area contributed by atoms with E-state index in [1.165, 1.54) is 64.6 Å². The molecule has 0 aromatic heterocycles. The van der Waals surface area contributed by atoms with Gasteiger partial charge in [0.2, 0.25) is 0 Å². The molecule has 106 valence electrons. The highest BCUT2D eigenvalue weighted by Crippen LogP contribution is 2.28. The van der Waals surface area contributed by atoms with Crippen LogP contribution in [-0.4, -0.2) is 55.6 Å². The zero-order chi connectivity index (χ0) is 13.0. The van der Waals surface area contributed by atoms with Crippen molar-refractivity contribution < 1.29 is 0 Å². The van der Waals surface area contributed by atoms with Crippen LogP contribution in [0, 0.1) is 5.92 Å². The van der Waals surface area contributed by atoms with Gasteiger partial charge in [-0.25, -0.2) is 0 Å². The summed E-state index contributed by atoms with van der Waals surface area (Å²) in [5.41, 5.74) is 6.40. The lowest BCUT2D eigenvalue weighted by molar-refractivity contribution is 0.101. The second kappa shape index (κ2) is 6.88. The lowest BCUT2D eigenvalue weighted by Crippen LogP contribution is -2.51. The molecule has 2 N–H and O–H groups in total. The first-order valence-electron chi connectivity index (χ1n) is 7.79. The summed E-state index contributed by atoms with van der Waals surface area (Å²) in [7, 11) is 4.48. The first kappa shape index (κ1) is 14.3. The Labute approximate surface area is 113 Å². The molecule has 0 bridgehead atoms. The Morgan fingerprint density at radius 3 is 2.50 bits per heavy atom. The fraction of sp³-hybridized carbons (Fsp3) is 1.00. The van der Waals surface area contributed by atoms with Gasteiger partial charge in [0, 0.05) is 31.7 Å². The first-order valence-corrected chi connectivity index (χ1v) is 7.79. The fourth-order valence-corrected chi connectivity index (χ4v) is 3.65. The molecule has 0 aromatic carbocycles. The molecule has 0 radical (unpaired) electrons. The number of rotatable bonds is 4. The smallest absolute Gasteiger partial charge is 0.0235 e. The Morgan fingerprint density at radius 1 is 1.06 bits per heavy atom. The van der Waals surface area contributed by atoms with Crippen molar-refractivity contribution in [2.24, 2.45) is 11.7 Å². The minimum Gasteiger partial charge on any atom is -0.328 e. The Balaban J connectivity index is 1.73. The monoisotopic (exact) mass is 253 g/mol. The van der Waals surface area contributed by atoms with Gasteiger partial charge in [0.05, 0.1) is 0 Å². The van der Waals surface area contributed by atoms with Crippen LogP contribution in [0.4, 0.5) is 0 Å². The predicted octanol–water partition coefficient (Wildman–Crippen LogP) is 1.92. The zero-order valence-corrected chi connectivity index (χ0v) is 12.3. The summed E-state index contributed by atoms with van der Waals surface area (Å²) >= 11 is 0. The molecule has 0 amide bonds. The van der Waals surface area contributed by atoms with Gasteiger partial charge >= 0.3 is 0 Å². The second-order valence-corrected chi connectivity index (χ2v) is 6.63. The van der Waals surface area contributed by atoms with E-state index in [1.807, 2.05) is 0 Å². The first-order chi connectivity index (χ1) is 8.65. The van der Waals surface area contributed by atoms with E-state index in [0.29, 0.717) is 12.1 Å². The van der Waals surface area contributed by atoms with Crippen molar-refractivity contribution in [2.75, 3.05) is 33.7 Å². The molecule has 18 heavy (non-hydrogen) atoms. The molecule has 1 saturated carbocycles. The van der Waals surface area contributed by atoms with Crippen LogP contribution in [0.3, 0.4) is 0 Å². The summed E-state index contributed by atoms with van der Waals surface area (Å²) < 4.78 is 0. The average Bonchev–Trinajstić information content (AvgIpc) is 2.35. The summed E-state index contributed by atoms with van der Waals surface area (Å²) in [6.45, 7) is 3.58. The van der Waals surface area contributed by atoms with E-state index in [0.717, 1.165) is 5.92 Å². The van der Waals surface area contributed by atoms with E-state index in [1.54, 1.807) is 0 Å². The van der Waals surface area contributed by atoms with Crippen LogP contribution in [-0.2, 0) is 0 Å². The van der Waals surface area contributed by atoms with E-state index in [2.05, 4.69) is 23.9 Å². The van der Waals surface area contributed by atoms with Crippen molar-refractivity contribution in [2.45, 2.75) is 57.0 Å². The van der Waals surface area contributed by atoms with Crippen molar-refractivity contribution in [1.29, 1.82) is 0 Å². The van der Waals surface area contributed by atoms with Crippen LogP contribution in [0.2, 0.25) is 0 Å². The van der Waals surface area contributed by atoms with Crippen molar-refractivity contribution in [3.8, 4) is 0 Å². The van der Waals surface area contributed by atoms with E-state index >= 15 is 0 Å². The average molecular weight is 253 g/mol. The van der Waals surface area contributed by atoms with E-state index in [-0.39, 0.29) is 0 Å². The summed E-state index contributed by atoms with van der Waals surface area (Å²) in [5, 5.41) is 0. The summed E-state index contributed by atoms with van der Waals surface area (Å²) in [6, 6.07) is 1.08. The maximum atomic E-state index is 6.40. The van der Waals surface area contributed by atoms with Gasteiger partial charge in [-0.2, -0.15) is 0 Å². The molecule has 1 aliphatic carbocycles. The van der Waals surface area contributed by atoms with Crippen molar-refractivity contribution in [3.63, 3.8) is 0 Å². The third-order valence-electron chi connectivity index (χ3n) is 4.92. The van der Waals surface area contributed by atoms with Gasteiger partial charge in [-0.15, -0.1) is 0 Å². The number of piperazine rings is 1. The van der Waals surface area contributed by atoms with E-state index < -0.39 is 0 Å². The molecule has 1 saturated heterocycles. The van der Waals surface area contributed by atoms with Gasteiger partial charge in [0.15, 0.2) is 0 Å². The van der Waals surface area contributed by atoms with E-state index in [4.69, 9.17) is 5.73 Å². The zero-order valence-electron chi connectivity index (χ0n) is 12.3. The molecular formula is C15H31N3. The van der Waals surface area contributed by atoms with E-state index in [9.17, 15) is 0 Å². The predicted molar refractivity (Wildman–Crippen MR) is 77.7 cm³/mol. The van der Waals surface area contributed by atoms with Gasteiger partial charge < -0.3 is 15.5 Å². The number of nitrogens with two attached hydrogens (primary N) is 1. The third kappa shape index (κ3) is 4.22. The van der Waals surface area contributed by atoms with Gasteiger partial charge in [0.25, 0.3) is 0 Å². The maximum absolute atomic E-state index is 6.40. The number of hydrogen-bond acceptors (Lipinski definition) is 3. The van der Waals surface area contributed by atoms with Crippen LogP contribution >= 0.6 is 0 Å². The minimum atomic E-state index is 0.409. The van der Waals surface area contributed by atoms with Crippen LogP contribution in [0.5, 0.6) is 0 Å². The lowest BCUT2D eigenvalue weighted by Gasteiger charge is -2.39. The molecule has 1 heterocycles. The molecule has 0 spiro atoms. The summed E-state index contributed by atoms with van der Waals surface area (Å²) in [5.74, 6) is 0.917. The van der Waals surface area contributed by atoms with Crippen LogP contribution in [0.1, 0.15) is 44.9 Å². The standard InChI is InChI=1S/C15H31N3/c1-17-8-9-18(2)15(12-17)11-14(16)10-13-6-4-3-5-7-13/h13-15H,3-12,16H2,1-2H3. The van der Waals surface area contributed by atoms with Crippen molar-refractivity contribution >= 4 is 0 Å². The Morgan fingerprint density at radius 2 is 1.78 bits per heavy atom. The van der Waals surface area contributed by atoms with Gasteiger partial charge in [-0.3, -0.25) is 0 Å². The normalized spacial score (nSPS) is 30.5. The SMILES string of the molecule is CN1CCN(C)C(CC(N)CC2CCCCC2)C1. The number of hydrogen-bond donors (Lipinski definition) is 1. The molecule has 0 aromatic rings. The highest BCUT2D eigenvalue weighted by Gasteiger charge is 2.25. The maximum Gasteiger partial charge on any atom is 0.0235 e. The highest BCUT2D eigenvalue weighted by atomic mass is 15.3. The molecule has 2 atom stereocenters. The van der Waals surface area contributed by atoms with Crippen LogP contribution in [0.25, 0.3) is 0 Å². The Kier molecular flexibility index (Phi) is 5.46. The molecule has 2 rings (SSSR count). The van der Waals surface area contributed by atoms with Gasteiger partial charge in [0.1, 0.15) is 0 Å². The van der Waals surface area contributed by atoms with Crippen LogP contribution < -0.4 is 5.73 Å². The molecule has 1 aliphatic heterocycles. The Hall–Kier alpha value is -0.120. The van der Waals surface area contributed by atoms with Crippen molar-refractivity contribution in [3.05, 3.63) is 0 Å². The minimum absolute atomic E-state index is 0.409. The largest absolute Gasteiger partial charge is 0.328 e. The molecule has 2 unspecified atom stereocenters. The molecule has 2 fully saturated rings. The summed E-state index contributed by atoms with van der Waals surface area (Å²) in [6.07, 6.45) is 9.60. The molecular weight excluding hydrogens is 222 g/mol. The number of likely N-dealkylation sites (N-methyl/N-ethyl adjacent to an activating group) is 2. The van der Waals surface area contributed by atoms with Crippen molar-refractivity contribution in [1.82, 2.24) is 9.80 Å². The topological polar surface area (TPSA) is 32.5 Å². The highest BCUT2D eigenvalue weighted by molar-refractivity contribution is 4.83. The van der Waals surface area contributed by atoms with Gasteiger partial charge in [-0.05, 0) is 32.9 Å². The Bertz CT molecular complexity index is 238. The number of nitrogens with zero attached hydrogens (tertiary/aromatic N) is 2.